The molecule has 0 unspecified atom stereocenters. The average molecular weight is 360 g/mol. The zero-order valence-electron chi connectivity index (χ0n) is 15.4. The lowest BCUT2D eigenvalue weighted by Gasteiger charge is -2.12. The van der Waals surface area contributed by atoms with Crippen LogP contribution < -0.4 is 14.2 Å². The minimum Gasteiger partial charge on any atom is -0.493 e. The first kappa shape index (κ1) is 17.0. The first-order valence-corrected chi connectivity index (χ1v) is 8.58. The Morgan fingerprint density at radius 2 is 1.59 bits per heavy atom. The van der Waals surface area contributed by atoms with Crippen LogP contribution in [0.1, 0.15) is 11.3 Å². The second-order valence-corrected chi connectivity index (χ2v) is 6.08. The summed E-state index contributed by atoms with van der Waals surface area (Å²) in [5.41, 5.74) is 3.92. The van der Waals surface area contributed by atoms with Crippen molar-refractivity contribution in [1.29, 1.82) is 0 Å². The van der Waals surface area contributed by atoms with Crippen LogP contribution in [0.4, 0.5) is 0 Å². The molecular weight excluding hydrogens is 340 g/mol. The number of nitrogens with zero attached hydrogens (tertiary/aromatic N) is 1. The van der Waals surface area contributed by atoms with E-state index in [0.717, 1.165) is 27.7 Å². The van der Waals surface area contributed by atoms with E-state index in [9.17, 15) is 0 Å². The van der Waals surface area contributed by atoms with Crippen LogP contribution in [0.3, 0.4) is 0 Å². The number of methoxy groups -OCH3 is 3. The SMILES string of the molecule is COc1cc(/C=C/c2nccc3c2[nH]c2ccccc23)cc(OC)c1OC. The molecule has 5 nitrogen and oxygen atoms in total. The monoisotopic (exact) mass is 360 g/mol. The predicted octanol–water partition coefficient (Wildman–Crippen LogP) is 4.91. The van der Waals surface area contributed by atoms with Crippen molar-refractivity contribution < 1.29 is 14.2 Å². The first-order valence-electron chi connectivity index (χ1n) is 8.58. The van der Waals surface area contributed by atoms with Gasteiger partial charge in [-0.1, -0.05) is 24.3 Å². The number of hydrogen-bond acceptors (Lipinski definition) is 4. The molecule has 0 saturated heterocycles. The van der Waals surface area contributed by atoms with Crippen LogP contribution in [0.2, 0.25) is 0 Å². The predicted molar refractivity (Wildman–Crippen MR) is 109 cm³/mol. The average Bonchev–Trinajstić information content (AvgIpc) is 3.10. The number of pyridine rings is 1. The van der Waals surface area contributed by atoms with Crippen molar-refractivity contribution in [3.05, 3.63) is 59.9 Å². The standard InChI is InChI=1S/C22H20N2O3/c1-25-19-12-14(13-20(26-2)22(19)27-3)8-9-18-21-16(10-11-23-18)15-6-4-5-7-17(15)24-21/h4-13,24H,1-3H3/b9-8+. The molecule has 0 aliphatic heterocycles. The first-order chi connectivity index (χ1) is 13.2. The fourth-order valence-corrected chi connectivity index (χ4v) is 3.29. The molecular formula is C22H20N2O3. The van der Waals surface area contributed by atoms with Crippen molar-refractivity contribution in [2.24, 2.45) is 0 Å². The third kappa shape index (κ3) is 2.97. The fourth-order valence-electron chi connectivity index (χ4n) is 3.29. The van der Waals surface area contributed by atoms with E-state index >= 15 is 0 Å². The molecule has 0 saturated carbocycles. The van der Waals surface area contributed by atoms with Gasteiger partial charge in [-0.25, -0.2) is 0 Å². The highest BCUT2D eigenvalue weighted by atomic mass is 16.5. The Morgan fingerprint density at radius 1 is 0.852 bits per heavy atom. The van der Waals surface area contributed by atoms with E-state index in [2.05, 4.69) is 22.1 Å². The van der Waals surface area contributed by atoms with Crippen molar-refractivity contribution >= 4 is 34.0 Å². The molecule has 0 aliphatic rings. The maximum atomic E-state index is 5.42. The lowest BCUT2D eigenvalue weighted by molar-refractivity contribution is 0.324. The van der Waals surface area contributed by atoms with Crippen LogP contribution >= 0.6 is 0 Å². The third-order valence-electron chi connectivity index (χ3n) is 4.58. The molecule has 5 heteroatoms. The summed E-state index contributed by atoms with van der Waals surface area (Å²) >= 11 is 0. The van der Waals surface area contributed by atoms with Crippen molar-refractivity contribution in [2.75, 3.05) is 21.3 Å². The Hall–Kier alpha value is -3.47. The summed E-state index contributed by atoms with van der Waals surface area (Å²) in [6.07, 6.45) is 5.80. The molecule has 136 valence electrons. The van der Waals surface area contributed by atoms with Crippen molar-refractivity contribution in [1.82, 2.24) is 9.97 Å². The Bertz CT molecular complexity index is 1120. The molecule has 0 radical (unpaired) electrons. The quantitative estimate of drug-likeness (QED) is 0.549. The van der Waals surface area contributed by atoms with Crippen molar-refractivity contribution in [3.63, 3.8) is 0 Å². The van der Waals surface area contributed by atoms with Crippen molar-refractivity contribution in [3.8, 4) is 17.2 Å². The topological polar surface area (TPSA) is 56.4 Å². The maximum Gasteiger partial charge on any atom is 0.203 e. The summed E-state index contributed by atoms with van der Waals surface area (Å²) in [4.78, 5) is 7.99. The summed E-state index contributed by atoms with van der Waals surface area (Å²) in [6, 6.07) is 14.1. The maximum absolute atomic E-state index is 5.42. The largest absolute Gasteiger partial charge is 0.493 e. The number of H-pyrrole nitrogens is 1. The van der Waals surface area contributed by atoms with Gasteiger partial charge in [0, 0.05) is 22.5 Å². The number of rotatable bonds is 5. The summed E-state index contributed by atoms with van der Waals surface area (Å²) in [6.45, 7) is 0. The van der Waals surface area contributed by atoms with Gasteiger partial charge in [0.2, 0.25) is 5.75 Å². The molecule has 4 aromatic rings. The van der Waals surface area contributed by atoms with Gasteiger partial charge in [-0.3, -0.25) is 4.98 Å². The van der Waals surface area contributed by atoms with E-state index in [1.807, 2.05) is 48.7 Å². The molecule has 2 heterocycles. The molecule has 27 heavy (non-hydrogen) atoms. The molecule has 0 spiro atoms. The van der Waals surface area contributed by atoms with E-state index in [1.165, 1.54) is 5.39 Å². The third-order valence-corrected chi connectivity index (χ3v) is 4.58. The van der Waals surface area contributed by atoms with Gasteiger partial charge in [-0.15, -0.1) is 0 Å². The Kier molecular flexibility index (Phi) is 4.42. The normalized spacial score (nSPS) is 11.4. The summed E-state index contributed by atoms with van der Waals surface area (Å²) in [7, 11) is 4.81. The van der Waals surface area contributed by atoms with Crippen LogP contribution in [0.25, 0.3) is 34.0 Å². The minimum atomic E-state index is 0.577. The highest BCUT2D eigenvalue weighted by Crippen LogP contribution is 2.38. The minimum absolute atomic E-state index is 0.577. The summed E-state index contributed by atoms with van der Waals surface area (Å²) in [5, 5.41) is 2.35. The zero-order chi connectivity index (χ0) is 18.8. The summed E-state index contributed by atoms with van der Waals surface area (Å²) < 4.78 is 16.2. The van der Waals surface area contributed by atoms with Gasteiger partial charge >= 0.3 is 0 Å². The van der Waals surface area contributed by atoms with Gasteiger partial charge in [0.25, 0.3) is 0 Å². The van der Waals surface area contributed by atoms with Gasteiger partial charge < -0.3 is 19.2 Å². The number of nitrogens with one attached hydrogen (secondary N) is 1. The molecule has 0 bridgehead atoms. The van der Waals surface area contributed by atoms with E-state index in [-0.39, 0.29) is 0 Å². The molecule has 2 aromatic heterocycles. The van der Waals surface area contributed by atoms with Gasteiger partial charge in [0.15, 0.2) is 11.5 Å². The fraction of sp³-hybridized carbons (Fsp3) is 0.136. The number of aromatic amines is 1. The van der Waals surface area contributed by atoms with E-state index in [4.69, 9.17) is 14.2 Å². The van der Waals surface area contributed by atoms with Gasteiger partial charge in [0.1, 0.15) is 0 Å². The van der Waals surface area contributed by atoms with Crippen LogP contribution in [0, 0.1) is 0 Å². The number of para-hydroxylation sites is 1. The Labute approximate surface area is 157 Å². The smallest absolute Gasteiger partial charge is 0.203 e. The number of ether oxygens (including phenoxy) is 3. The molecule has 0 aliphatic carbocycles. The lowest BCUT2D eigenvalue weighted by atomic mass is 10.1. The highest BCUT2D eigenvalue weighted by molar-refractivity contribution is 6.09. The summed E-state index contributed by atoms with van der Waals surface area (Å²) in [5.74, 6) is 1.81. The molecule has 1 N–H and O–H groups in total. The van der Waals surface area contributed by atoms with Gasteiger partial charge in [-0.2, -0.15) is 0 Å². The Morgan fingerprint density at radius 3 is 2.30 bits per heavy atom. The number of aromatic nitrogens is 2. The zero-order valence-corrected chi connectivity index (χ0v) is 15.4. The van der Waals surface area contributed by atoms with E-state index in [1.54, 1.807) is 21.3 Å². The second kappa shape index (κ2) is 7.03. The van der Waals surface area contributed by atoms with Crippen LogP contribution in [0.15, 0.2) is 48.7 Å². The van der Waals surface area contributed by atoms with E-state index in [0.29, 0.717) is 17.2 Å². The molecule has 0 amide bonds. The number of hydrogen-bond donors (Lipinski definition) is 1. The molecule has 0 fully saturated rings. The van der Waals surface area contributed by atoms with Crippen LogP contribution in [-0.4, -0.2) is 31.3 Å². The number of benzene rings is 2. The van der Waals surface area contributed by atoms with Gasteiger partial charge in [-0.05, 0) is 35.9 Å². The highest BCUT2D eigenvalue weighted by Gasteiger charge is 2.12. The van der Waals surface area contributed by atoms with E-state index < -0.39 is 0 Å². The Balaban J connectivity index is 1.79. The molecule has 0 atom stereocenters. The lowest BCUT2D eigenvalue weighted by Crippen LogP contribution is -1.95. The molecule has 2 aromatic carbocycles. The second-order valence-electron chi connectivity index (χ2n) is 6.08. The van der Waals surface area contributed by atoms with Gasteiger partial charge in [0.05, 0.1) is 32.5 Å². The van der Waals surface area contributed by atoms with Crippen molar-refractivity contribution in [2.45, 2.75) is 0 Å². The molecule has 4 rings (SSSR count). The van der Waals surface area contributed by atoms with Crippen LogP contribution in [0.5, 0.6) is 17.2 Å². The van der Waals surface area contributed by atoms with Crippen LogP contribution in [-0.2, 0) is 0 Å². The number of fused-ring (bicyclic) bond motifs is 3.